The minimum absolute atomic E-state index is 0.000145. The van der Waals surface area contributed by atoms with Gasteiger partial charge in [-0.05, 0) is 39.3 Å². The van der Waals surface area contributed by atoms with E-state index < -0.39 is 5.54 Å². The van der Waals surface area contributed by atoms with Crippen molar-refractivity contribution >= 4 is 5.91 Å². The number of nitrogens with two attached hydrogens (primary N) is 1. The standard InChI is InChI=1S/C15H25N3O/c1-5-10-15(4,16)14(19)18(6-2)11-13-9-7-8-12(3)17-13/h7-9H,5-6,10-11,16H2,1-4H3. The van der Waals surface area contributed by atoms with Gasteiger partial charge in [0.1, 0.15) is 0 Å². The highest BCUT2D eigenvalue weighted by Gasteiger charge is 2.31. The highest BCUT2D eigenvalue weighted by atomic mass is 16.2. The molecule has 0 bridgehead atoms. The van der Waals surface area contributed by atoms with Crippen LogP contribution >= 0.6 is 0 Å². The third-order valence-corrected chi connectivity index (χ3v) is 3.23. The number of amides is 1. The third-order valence-electron chi connectivity index (χ3n) is 3.23. The molecule has 1 rings (SSSR count). The van der Waals surface area contributed by atoms with E-state index in [-0.39, 0.29) is 5.91 Å². The van der Waals surface area contributed by atoms with Gasteiger partial charge >= 0.3 is 0 Å². The Labute approximate surface area is 116 Å². The maximum absolute atomic E-state index is 12.4. The molecule has 0 aliphatic heterocycles. The Morgan fingerprint density at radius 3 is 2.63 bits per heavy atom. The average Bonchev–Trinajstić information content (AvgIpc) is 2.35. The van der Waals surface area contributed by atoms with Crippen LogP contribution in [0.5, 0.6) is 0 Å². The summed E-state index contributed by atoms with van der Waals surface area (Å²) in [7, 11) is 0. The molecule has 0 radical (unpaired) electrons. The fourth-order valence-electron chi connectivity index (χ4n) is 2.20. The van der Waals surface area contributed by atoms with E-state index in [1.54, 1.807) is 4.90 Å². The summed E-state index contributed by atoms with van der Waals surface area (Å²) in [4.78, 5) is 18.7. The van der Waals surface area contributed by atoms with Crippen LogP contribution < -0.4 is 5.73 Å². The van der Waals surface area contributed by atoms with Crippen LogP contribution in [0.15, 0.2) is 18.2 Å². The predicted molar refractivity (Wildman–Crippen MR) is 77.6 cm³/mol. The quantitative estimate of drug-likeness (QED) is 0.856. The molecule has 4 heteroatoms. The lowest BCUT2D eigenvalue weighted by Crippen LogP contribution is -2.52. The van der Waals surface area contributed by atoms with E-state index in [1.165, 1.54) is 0 Å². The van der Waals surface area contributed by atoms with Crippen LogP contribution in [0.3, 0.4) is 0 Å². The molecule has 1 heterocycles. The number of aromatic nitrogens is 1. The number of rotatable bonds is 6. The maximum atomic E-state index is 12.4. The molecule has 1 atom stereocenters. The van der Waals surface area contributed by atoms with Crippen LogP contribution in [0.2, 0.25) is 0 Å². The second-order valence-electron chi connectivity index (χ2n) is 5.26. The van der Waals surface area contributed by atoms with Gasteiger partial charge < -0.3 is 10.6 Å². The monoisotopic (exact) mass is 263 g/mol. The minimum atomic E-state index is -0.783. The Morgan fingerprint density at radius 2 is 2.11 bits per heavy atom. The molecule has 0 spiro atoms. The number of carbonyl (C=O) groups is 1. The van der Waals surface area contributed by atoms with Crippen molar-refractivity contribution in [3.8, 4) is 0 Å². The van der Waals surface area contributed by atoms with Gasteiger partial charge in [-0.2, -0.15) is 0 Å². The Bertz CT molecular complexity index is 429. The molecule has 0 saturated heterocycles. The number of pyridine rings is 1. The van der Waals surface area contributed by atoms with Crippen molar-refractivity contribution < 1.29 is 4.79 Å². The number of hydrogen-bond acceptors (Lipinski definition) is 3. The first kappa shape index (κ1) is 15.6. The van der Waals surface area contributed by atoms with Crippen molar-refractivity contribution in [2.24, 2.45) is 5.73 Å². The molecule has 106 valence electrons. The van der Waals surface area contributed by atoms with Crippen molar-refractivity contribution in [1.29, 1.82) is 0 Å². The van der Waals surface area contributed by atoms with E-state index in [4.69, 9.17) is 5.73 Å². The summed E-state index contributed by atoms with van der Waals surface area (Å²) in [5, 5.41) is 0. The van der Waals surface area contributed by atoms with Crippen molar-refractivity contribution in [2.45, 2.75) is 52.6 Å². The summed E-state index contributed by atoms with van der Waals surface area (Å²) in [6.07, 6.45) is 1.60. The van der Waals surface area contributed by atoms with Gasteiger partial charge in [-0.3, -0.25) is 9.78 Å². The average molecular weight is 263 g/mol. The Hall–Kier alpha value is -1.42. The van der Waals surface area contributed by atoms with E-state index in [9.17, 15) is 4.79 Å². The molecule has 1 aromatic heterocycles. The summed E-state index contributed by atoms with van der Waals surface area (Å²) in [6, 6.07) is 5.85. The number of nitrogens with zero attached hydrogens (tertiary/aromatic N) is 2. The Balaban J connectivity index is 2.81. The minimum Gasteiger partial charge on any atom is -0.335 e. The van der Waals surface area contributed by atoms with Crippen LogP contribution in [0, 0.1) is 6.92 Å². The van der Waals surface area contributed by atoms with Gasteiger partial charge in [0.05, 0.1) is 17.8 Å². The summed E-state index contributed by atoms with van der Waals surface area (Å²) >= 11 is 0. The van der Waals surface area contributed by atoms with Crippen molar-refractivity contribution in [3.05, 3.63) is 29.6 Å². The Morgan fingerprint density at radius 1 is 1.42 bits per heavy atom. The molecule has 1 amide bonds. The van der Waals surface area contributed by atoms with Gasteiger partial charge in [0.15, 0.2) is 0 Å². The molecule has 4 nitrogen and oxygen atoms in total. The molecule has 1 unspecified atom stereocenters. The lowest BCUT2D eigenvalue weighted by molar-refractivity contribution is -0.137. The van der Waals surface area contributed by atoms with E-state index in [0.29, 0.717) is 19.5 Å². The normalized spacial score (nSPS) is 13.9. The van der Waals surface area contributed by atoms with E-state index in [1.807, 2.05) is 45.9 Å². The molecule has 0 aliphatic rings. The van der Waals surface area contributed by atoms with Crippen molar-refractivity contribution in [1.82, 2.24) is 9.88 Å². The van der Waals surface area contributed by atoms with Gasteiger partial charge in [-0.25, -0.2) is 0 Å². The molecule has 0 saturated carbocycles. The van der Waals surface area contributed by atoms with Crippen LogP contribution in [-0.4, -0.2) is 27.9 Å². The summed E-state index contributed by atoms with van der Waals surface area (Å²) in [6.45, 7) is 8.93. The fourth-order valence-corrected chi connectivity index (χ4v) is 2.20. The first-order chi connectivity index (χ1) is 8.90. The van der Waals surface area contributed by atoms with E-state index in [2.05, 4.69) is 4.98 Å². The van der Waals surface area contributed by atoms with Gasteiger partial charge in [-0.1, -0.05) is 19.4 Å². The molecule has 0 fully saturated rings. The van der Waals surface area contributed by atoms with Gasteiger partial charge in [0.25, 0.3) is 0 Å². The summed E-state index contributed by atoms with van der Waals surface area (Å²) in [5.74, 6) is 0.000145. The van der Waals surface area contributed by atoms with Crippen LogP contribution in [0.4, 0.5) is 0 Å². The molecule has 1 aromatic rings. The zero-order valence-corrected chi connectivity index (χ0v) is 12.4. The zero-order valence-electron chi connectivity index (χ0n) is 12.4. The first-order valence-corrected chi connectivity index (χ1v) is 6.91. The lowest BCUT2D eigenvalue weighted by Gasteiger charge is -2.30. The zero-order chi connectivity index (χ0) is 14.5. The molecule has 0 aromatic carbocycles. The Kier molecular flexibility index (Phi) is 5.48. The summed E-state index contributed by atoms with van der Waals surface area (Å²) < 4.78 is 0. The van der Waals surface area contributed by atoms with Crippen LogP contribution in [0.1, 0.15) is 45.0 Å². The van der Waals surface area contributed by atoms with Crippen molar-refractivity contribution in [2.75, 3.05) is 6.54 Å². The largest absolute Gasteiger partial charge is 0.335 e. The van der Waals surface area contributed by atoms with E-state index >= 15 is 0 Å². The van der Waals surface area contributed by atoms with Gasteiger partial charge in [-0.15, -0.1) is 0 Å². The number of hydrogen-bond donors (Lipinski definition) is 1. The molecule has 0 aliphatic carbocycles. The van der Waals surface area contributed by atoms with Crippen LogP contribution in [0.25, 0.3) is 0 Å². The van der Waals surface area contributed by atoms with Gasteiger partial charge in [0, 0.05) is 12.2 Å². The molecular formula is C15H25N3O. The second kappa shape index (κ2) is 6.66. The smallest absolute Gasteiger partial charge is 0.242 e. The third kappa shape index (κ3) is 4.31. The number of aryl methyl sites for hydroxylation is 1. The SMILES string of the molecule is CCCC(C)(N)C(=O)N(CC)Cc1cccc(C)n1. The van der Waals surface area contributed by atoms with Crippen molar-refractivity contribution in [3.63, 3.8) is 0 Å². The number of likely N-dealkylation sites (N-methyl/N-ethyl adjacent to an activating group) is 1. The molecule has 19 heavy (non-hydrogen) atoms. The van der Waals surface area contributed by atoms with Crippen LogP contribution in [-0.2, 0) is 11.3 Å². The second-order valence-corrected chi connectivity index (χ2v) is 5.26. The fraction of sp³-hybridized carbons (Fsp3) is 0.600. The highest BCUT2D eigenvalue weighted by Crippen LogP contribution is 2.14. The van der Waals surface area contributed by atoms with E-state index in [0.717, 1.165) is 17.8 Å². The van der Waals surface area contributed by atoms with Gasteiger partial charge in [0.2, 0.25) is 5.91 Å². The first-order valence-electron chi connectivity index (χ1n) is 6.91. The predicted octanol–water partition coefficient (Wildman–Crippen LogP) is 2.26. The topological polar surface area (TPSA) is 59.2 Å². The highest BCUT2D eigenvalue weighted by molar-refractivity contribution is 5.85. The molecule has 2 N–H and O–H groups in total. The summed E-state index contributed by atoms with van der Waals surface area (Å²) in [5.41, 5.74) is 7.20. The molecular weight excluding hydrogens is 238 g/mol. The number of carbonyl (C=O) groups excluding carboxylic acids is 1. The lowest BCUT2D eigenvalue weighted by atomic mass is 9.95. The maximum Gasteiger partial charge on any atom is 0.242 e.